The highest BCUT2D eigenvalue weighted by Gasteiger charge is 2.22. The summed E-state index contributed by atoms with van der Waals surface area (Å²) in [6.45, 7) is 13.4. The van der Waals surface area contributed by atoms with E-state index in [4.69, 9.17) is 0 Å². The molecule has 17 heavy (non-hydrogen) atoms. The van der Waals surface area contributed by atoms with Crippen LogP contribution in [0.25, 0.3) is 5.52 Å². The van der Waals surface area contributed by atoms with Gasteiger partial charge in [-0.2, -0.15) is 0 Å². The number of fused-ring (bicyclic) bond motifs is 1. The molecular weight excluding hydrogens is 208 g/mol. The van der Waals surface area contributed by atoms with Crippen molar-refractivity contribution in [2.75, 3.05) is 0 Å². The maximum Gasteiger partial charge on any atom is 0.0994 e. The van der Waals surface area contributed by atoms with Crippen LogP contribution in [0.4, 0.5) is 0 Å². The van der Waals surface area contributed by atoms with Gasteiger partial charge in [0, 0.05) is 11.1 Å². The Morgan fingerprint density at radius 2 is 1.59 bits per heavy atom. The molecule has 0 spiro atoms. The minimum Gasteiger partial charge on any atom is -0.302 e. The summed E-state index contributed by atoms with van der Waals surface area (Å²) in [5.41, 5.74) is 4.17. The molecule has 0 N–H and O–H groups in total. The van der Waals surface area contributed by atoms with E-state index in [0.717, 1.165) is 0 Å². The molecule has 0 aliphatic rings. The molecule has 0 radical (unpaired) electrons. The minimum atomic E-state index is 0.134. The van der Waals surface area contributed by atoms with Crippen molar-refractivity contribution in [2.45, 2.75) is 52.4 Å². The highest BCUT2D eigenvalue weighted by Crippen LogP contribution is 2.30. The monoisotopic (exact) mass is 230 g/mol. The zero-order valence-electron chi connectivity index (χ0n) is 11.7. The van der Waals surface area contributed by atoms with Crippen molar-refractivity contribution in [3.8, 4) is 0 Å². The molecular formula is C15H22N2. The number of nitrogens with zero attached hydrogens (tertiary/aromatic N) is 2. The van der Waals surface area contributed by atoms with Crippen LogP contribution in [-0.4, -0.2) is 9.38 Å². The van der Waals surface area contributed by atoms with Gasteiger partial charge in [0.15, 0.2) is 0 Å². The maximum atomic E-state index is 4.31. The largest absolute Gasteiger partial charge is 0.302 e. The van der Waals surface area contributed by atoms with Gasteiger partial charge >= 0.3 is 0 Å². The first-order chi connectivity index (χ1) is 7.71. The molecule has 92 valence electrons. The molecule has 0 atom stereocenters. The molecule has 2 aromatic heterocycles. The van der Waals surface area contributed by atoms with Crippen LogP contribution >= 0.6 is 0 Å². The Balaban J connectivity index is 2.76. The van der Waals surface area contributed by atoms with Crippen LogP contribution in [0.5, 0.6) is 0 Å². The van der Waals surface area contributed by atoms with E-state index >= 15 is 0 Å². The number of imidazole rings is 1. The Morgan fingerprint density at radius 3 is 2.12 bits per heavy atom. The summed E-state index contributed by atoms with van der Waals surface area (Å²) in [4.78, 5) is 4.31. The third-order valence-corrected chi connectivity index (χ3v) is 3.16. The lowest BCUT2D eigenvalue weighted by atomic mass is 9.84. The van der Waals surface area contributed by atoms with E-state index in [-0.39, 0.29) is 10.8 Å². The SMILES string of the molecule is CC(C)(C)c1ccc(C(C)(C)C)n2cncc12. The number of aromatic nitrogens is 2. The Kier molecular flexibility index (Phi) is 2.57. The van der Waals surface area contributed by atoms with Gasteiger partial charge in [-0.05, 0) is 17.0 Å². The summed E-state index contributed by atoms with van der Waals surface area (Å²) in [5, 5.41) is 0. The van der Waals surface area contributed by atoms with Crippen LogP contribution in [0.2, 0.25) is 0 Å². The predicted octanol–water partition coefficient (Wildman–Crippen LogP) is 3.93. The maximum absolute atomic E-state index is 4.31. The Hall–Kier alpha value is -1.31. The van der Waals surface area contributed by atoms with Crippen molar-refractivity contribution in [1.82, 2.24) is 9.38 Å². The summed E-state index contributed by atoms with van der Waals surface area (Å²) >= 11 is 0. The average molecular weight is 230 g/mol. The Bertz CT molecular complexity index is 488. The second kappa shape index (κ2) is 3.59. The molecule has 0 aliphatic heterocycles. The summed E-state index contributed by atoms with van der Waals surface area (Å²) in [6, 6.07) is 4.48. The minimum absolute atomic E-state index is 0.134. The van der Waals surface area contributed by atoms with Gasteiger partial charge in [-0.3, -0.25) is 0 Å². The van der Waals surface area contributed by atoms with Gasteiger partial charge in [0.25, 0.3) is 0 Å². The molecule has 0 aliphatic carbocycles. The van der Waals surface area contributed by atoms with E-state index in [2.05, 4.69) is 63.1 Å². The number of hydrogen-bond donors (Lipinski definition) is 0. The van der Waals surface area contributed by atoms with Gasteiger partial charge in [0.05, 0.1) is 18.0 Å². The average Bonchev–Trinajstić information content (AvgIpc) is 2.60. The smallest absolute Gasteiger partial charge is 0.0994 e. The zero-order chi connectivity index (χ0) is 12.8. The fourth-order valence-electron chi connectivity index (χ4n) is 2.26. The molecule has 2 heterocycles. The second-order valence-electron chi connectivity index (χ2n) is 6.78. The first-order valence-electron chi connectivity index (χ1n) is 6.17. The molecule has 0 bridgehead atoms. The number of pyridine rings is 1. The molecule has 0 saturated carbocycles. The second-order valence-corrected chi connectivity index (χ2v) is 6.78. The molecule has 0 fully saturated rings. The lowest BCUT2D eigenvalue weighted by Gasteiger charge is -2.25. The van der Waals surface area contributed by atoms with Crippen molar-refractivity contribution >= 4 is 5.52 Å². The quantitative estimate of drug-likeness (QED) is 0.670. The third-order valence-electron chi connectivity index (χ3n) is 3.16. The van der Waals surface area contributed by atoms with Crippen molar-refractivity contribution in [3.63, 3.8) is 0 Å². The van der Waals surface area contributed by atoms with Gasteiger partial charge < -0.3 is 4.40 Å². The summed E-state index contributed by atoms with van der Waals surface area (Å²) in [6.07, 6.45) is 3.89. The van der Waals surface area contributed by atoms with E-state index < -0.39 is 0 Å². The first-order valence-corrected chi connectivity index (χ1v) is 6.17. The fraction of sp³-hybridized carbons (Fsp3) is 0.533. The van der Waals surface area contributed by atoms with Crippen molar-refractivity contribution in [1.29, 1.82) is 0 Å². The fourth-order valence-corrected chi connectivity index (χ4v) is 2.26. The van der Waals surface area contributed by atoms with Gasteiger partial charge in [-0.25, -0.2) is 4.98 Å². The van der Waals surface area contributed by atoms with Gasteiger partial charge in [0.2, 0.25) is 0 Å². The molecule has 0 aromatic carbocycles. The number of hydrogen-bond acceptors (Lipinski definition) is 1. The molecule has 0 amide bonds. The third kappa shape index (κ3) is 2.08. The molecule has 2 nitrogen and oxygen atoms in total. The van der Waals surface area contributed by atoms with Crippen molar-refractivity contribution in [2.24, 2.45) is 0 Å². The topological polar surface area (TPSA) is 17.3 Å². The number of rotatable bonds is 0. The summed E-state index contributed by atoms with van der Waals surface area (Å²) in [5.74, 6) is 0. The standard InChI is InChI=1S/C15H22N2/c1-14(2,3)11-7-8-13(15(4,5)6)17-10-16-9-12(11)17/h7-10H,1-6H3. The highest BCUT2D eigenvalue weighted by atomic mass is 15.0. The van der Waals surface area contributed by atoms with Crippen LogP contribution in [0, 0.1) is 0 Å². The molecule has 2 aromatic rings. The lowest BCUT2D eigenvalue weighted by molar-refractivity contribution is 0.552. The highest BCUT2D eigenvalue weighted by molar-refractivity contribution is 5.57. The van der Waals surface area contributed by atoms with E-state index in [0.29, 0.717) is 0 Å². The molecule has 0 unspecified atom stereocenters. The lowest BCUT2D eigenvalue weighted by Crippen LogP contribution is -2.19. The van der Waals surface area contributed by atoms with E-state index in [9.17, 15) is 0 Å². The van der Waals surface area contributed by atoms with Crippen LogP contribution < -0.4 is 0 Å². The molecule has 2 heteroatoms. The Labute approximate surface area is 104 Å². The van der Waals surface area contributed by atoms with Gasteiger partial charge in [0.1, 0.15) is 0 Å². The summed E-state index contributed by atoms with van der Waals surface area (Å²) < 4.78 is 2.22. The van der Waals surface area contributed by atoms with Gasteiger partial charge in [-0.15, -0.1) is 0 Å². The zero-order valence-corrected chi connectivity index (χ0v) is 11.7. The van der Waals surface area contributed by atoms with Crippen LogP contribution in [0.1, 0.15) is 52.8 Å². The van der Waals surface area contributed by atoms with Crippen LogP contribution in [0.15, 0.2) is 24.7 Å². The van der Waals surface area contributed by atoms with Crippen molar-refractivity contribution in [3.05, 3.63) is 35.9 Å². The first kappa shape index (κ1) is 12.2. The summed E-state index contributed by atoms with van der Waals surface area (Å²) in [7, 11) is 0. The predicted molar refractivity (Wildman–Crippen MR) is 72.6 cm³/mol. The molecule has 0 saturated heterocycles. The van der Waals surface area contributed by atoms with Gasteiger partial charge in [-0.1, -0.05) is 47.6 Å². The molecule has 2 rings (SSSR count). The van der Waals surface area contributed by atoms with E-state index in [1.165, 1.54) is 16.8 Å². The Morgan fingerprint density at radius 1 is 0.941 bits per heavy atom. The van der Waals surface area contributed by atoms with Crippen molar-refractivity contribution < 1.29 is 0 Å². The van der Waals surface area contributed by atoms with E-state index in [1.807, 2.05) is 12.5 Å². The van der Waals surface area contributed by atoms with Crippen LogP contribution in [-0.2, 0) is 10.8 Å². The van der Waals surface area contributed by atoms with Crippen LogP contribution in [0.3, 0.4) is 0 Å². The normalized spacial score (nSPS) is 13.3. The van der Waals surface area contributed by atoms with E-state index in [1.54, 1.807) is 0 Å².